The van der Waals surface area contributed by atoms with Crippen LogP contribution in [0, 0.1) is 0 Å². The first-order chi connectivity index (χ1) is 8.17. The number of carbonyl (C=O) groups excluding carboxylic acids is 2. The molecule has 2 atom stereocenters. The van der Waals surface area contributed by atoms with Crippen LogP contribution in [-0.2, 0) is 19.1 Å². The lowest BCUT2D eigenvalue weighted by atomic mass is 10.2. The molecule has 0 radical (unpaired) electrons. The molecule has 2 unspecified atom stereocenters. The maximum absolute atomic E-state index is 11.6. The topological polar surface area (TPSA) is 90.7 Å². The van der Waals surface area contributed by atoms with E-state index in [4.69, 9.17) is 10.5 Å². The summed E-state index contributed by atoms with van der Waals surface area (Å²) >= 11 is 0. The fourth-order valence-corrected chi connectivity index (χ4v) is 1.73. The molecule has 0 aromatic heterocycles. The summed E-state index contributed by atoms with van der Waals surface area (Å²) in [4.78, 5) is 22.4. The van der Waals surface area contributed by atoms with E-state index in [9.17, 15) is 9.59 Å². The summed E-state index contributed by atoms with van der Waals surface area (Å²) in [6.07, 6.45) is 2.04. The first kappa shape index (κ1) is 13.9. The molecule has 1 fully saturated rings. The third kappa shape index (κ3) is 4.70. The zero-order valence-electron chi connectivity index (χ0n) is 10.1. The quantitative estimate of drug-likeness (QED) is 0.488. The second-order valence-corrected chi connectivity index (χ2v) is 4.03. The zero-order valence-corrected chi connectivity index (χ0v) is 10.1. The Labute approximate surface area is 101 Å². The normalized spacial score (nSPS) is 23.4. The van der Waals surface area contributed by atoms with Crippen LogP contribution in [0.15, 0.2) is 0 Å². The van der Waals surface area contributed by atoms with Crippen molar-refractivity contribution in [2.24, 2.45) is 5.73 Å². The molecule has 0 bridgehead atoms. The molecule has 3 N–H and O–H groups in total. The molecule has 6 heteroatoms. The van der Waals surface area contributed by atoms with Crippen molar-refractivity contribution in [2.45, 2.75) is 37.9 Å². The zero-order chi connectivity index (χ0) is 12.7. The summed E-state index contributed by atoms with van der Waals surface area (Å²) in [6, 6.07) is 0. The SMILES string of the molecule is COC(=O)CCCNC(=O)C1CCC(CN)O1. The van der Waals surface area contributed by atoms with Gasteiger partial charge in [0.2, 0.25) is 5.91 Å². The summed E-state index contributed by atoms with van der Waals surface area (Å²) in [7, 11) is 1.35. The number of methoxy groups -OCH3 is 1. The number of ether oxygens (including phenoxy) is 2. The fraction of sp³-hybridized carbons (Fsp3) is 0.818. The summed E-state index contributed by atoms with van der Waals surface area (Å²) in [5.74, 6) is -0.384. The van der Waals surface area contributed by atoms with Gasteiger partial charge in [-0.3, -0.25) is 9.59 Å². The minimum atomic E-state index is -0.387. The number of amides is 1. The Morgan fingerprint density at radius 1 is 1.47 bits per heavy atom. The van der Waals surface area contributed by atoms with E-state index in [1.165, 1.54) is 7.11 Å². The second kappa shape index (κ2) is 7.24. The van der Waals surface area contributed by atoms with Crippen LogP contribution in [0.4, 0.5) is 0 Å². The average molecular weight is 244 g/mol. The average Bonchev–Trinajstić information content (AvgIpc) is 2.82. The molecule has 0 spiro atoms. The fourth-order valence-electron chi connectivity index (χ4n) is 1.73. The Balaban J connectivity index is 2.11. The molecular formula is C11H20N2O4. The van der Waals surface area contributed by atoms with Crippen LogP contribution >= 0.6 is 0 Å². The summed E-state index contributed by atoms with van der Waals surface area (Å²) in [5.41, 5.74) is 5.46. The van der Waals surface area contributed by atoms with E-state index < -0.39 is 0 Å². The Bertz CT molecular complexity index is 270. The predicted molar refractivity (Wildman–Crippen MR) is 61.2 cm³/mol. The molecule has 1 aliphatic heterocycles. The van der Waals surface area contributed by atoms with Crippen molar-refractivity contribution in [3.8, 4) is 0 Å². The van der Waals surface area contributed by atoms with Crippen LogP contribution in [-0.4, -0.2) is 44.3 Å². The smallest absolute Gasteiger partial charge is 0.305 e. The number of nitrogens with two attached hydrogens (primary N) is 1. The minimum absolute atomic E-state index is 0.000758. The molecule has 0 aromatic carbocycles. The van der Waals surface area contributed by atoms with Gasteiger partial charge in [0.25, 0.3) is 0 Å². The van der Waals surface area contributed by atoms with Gasteiger partial charge in [-0.05, 0) is 19.3 Å². The molecule has 0 saturated carbocycles. The maximum atomic E-state index is 11.6. The van der Waals surface area contributed by atoms with Gasteiger partial charge in [0.05, 0.1) is 13.2 Å². The van der Waals surface area contributed by atoms with E-state index in [0.29, 0.717) is 32.4 Å². The van der Waals surface area contributed by atoms with E-state index in [2.05, 4.69) is 10.1 Å². The van der Waals surface area contributed by atoms with Crippen LogP contribution in [0.5, 0.6) is 0 Å². The summed E-state index contributed by atoms with van der Waals surface area (Å²) < 4.78 is 9.94. The monoisotopic (exact) mass is 244 g/mol. The number of nitrogens with one attached hydrogen (secondary N) is 1. The van der Waals surface area contributed by atoms with E-state index in [-0.39, 0.29) is 24.1 Å². The first-order valence-electron chi connectivity index (χ1n) is 5.87. The first-order valence-corrected chi connectivity index (χ1v) is 5.87. The Morgan fingerprint density at radius 2 is 2.24 bits per heavy atom. The molecule has 1 heterocycles. The number of esters is 1. The van der Waals surface area contributed by atoms with E-state index in [0.717, 1.165) is 6.42 Å². The van der Waals surface area contributed by atoms with Gasteiger partial charge in [-0.25, -0.2) is 0 Å². The third-order valence-corrected chi connectivity index (χ3v) is 2.75. The van der Waals surface area contributed by atoms with Crippen LogP contribution in [0.1, 0.15) is 25.7 Å². The van der Waals surface area contributed by atoms with E-state index in [1.807, 2.05) is 0 Å². The summed E-state index contributed by atoms with van der Waals surface area (Å²) in [6.45, 7) is 0.910. The molecule has 0 aliphatic carbocycles. The number of hydrogen-bond acceptors (Lipinski definition) is 5. The molecule has 17 heavy (non-hydrogen) atoms. The highest BCUT2D eigenvalue weighted by Gasteiger charge is 2.29. The van der Waals surface area contributed by atoms with Gasteiger partial charge >= 0.3 is 5.97 Å². The second-order valence-electron chi connectivity index (χ2n) is 4.03. The predicted octanol–water partition coefficient (Wildman–Crippen LogP) is -0.438. The molecule has 1 amide bonds. The van der Waals surface area contributed by atoms with Crippen LogP contribution < -0.4 is 11.1 Å². The molecule has 1 aliphatic rings. The van der Waals surface area contributed by atoms with Crippen molar-refractivity contribution in [1.82, 2.24) is 5.32 Å². The molecule has 1 rings (SSSR count). The van der Waals surface area contributed by atoms with E-state index in [1.54, 1.807) is 0 Å². The number of rotatable bonds is 6. The highest BCUT2D eigenvalue weighted by molar-refractivity contribution is 5.81. The Morgan fingerprint density at radius 3 is 2.82 bits per heavy atom. The van der Waals surface area contributed by atoms with Crippen molar-refractivity contribution >= 4 is 11.9 Å². The number of hydrogen-bond donors (Lipinski definition) is 2. The molecular weight excluding hydrogens is 224 g/mol. The maximum Gasteiger partial charge on any atom is 0.305 e. The van der Waals surface area contributed by atoms with Crippen molar-refractivity contribution in [1.29, 1.82) is 0 Å². The van der Waals surface area contributed by atoms with Crippen molar-refractivity contribution in [2.75, 3.05) is 20.2 Å². The highest BCUT2D eigenvalue weighted by atomic mass is 16.5. The van der Waals surface area contributed by atoms with Gasteiger partial charge in [-0.15, -0.1) is 0 Å². The van der Waals surface area contributed by atoms with Gasteiger partial charge in [0, 0.05) is 19.5 Å². The molecule has 6 nitrogen and oxygen atoms in total. The van der Waals surface area contributed by atoms with Gasteiger partial charge in [0.15, 0.2) is 0 Å². The molecule has 98 valence electrons. The largest absolute Gasteiger partial charge is 0.469 e. The third-order valence-electron chi connectivity index (χ3n) is 2.75. The van der Waals surface area contributed by atoms with E-state index >= 15 is 0 Å². The van der Waals surface area contributed by atoms with Gasteiger partial charge in [-0.1, -0.05) is 0 Å². The molecule has 0 aromatic rings. The lowest BCUT2D eigenvalue weighted by molar-refractivity contribution is -0.141. The lowest BCUT2D eigenvalue weighted by Crippen LogP contribution is -2.36. The minimum Gasteiger partial charge on any atom is -0.469 e. The van der Waals surface area contributed by atoms with Gasteiger partial charge in [0.1, 0.15) is 6.10 Å². The standard InChI is InChI=1S/C11H20N2O4/c1-16-10(14)3-2-6-13-11(15)9-5-4-8(7-12)17-9/h8-9H,2-7,12H2,1H3,(H,13,15). The Kier molecular flexibility index (Phi) is 5.93. The Hall–Kier alpha value is -1.14. The van der Waals surface area contributed by atoms with Crippen molar-refractivity contribution in [3.63, 3.8) is 0 Å². The van der Waals surface area contributed by atoms with Crippen molar-refractivity contribution in [3.05, 3.63) is 0 Å². The summed E-state index contributed by atoms with van der Waals surface area (Å²) in [5, 5.41) is 2.74. The van der Waals surface area contributed by atoms with Crippen molar-refractivity contribution < 1.29 is 19.1 Å². The van der Waals surface area contributed by atoms with Crippen LogP contribution in [0.3, 0.4) is 0 Å². The van der Waals surface area contributed by atoms with Gasteiger partial charge < -0.3 is 20.5 Å². The highest BCUT2D eigenvalue weighted by Crippen LogP contribution is 2.18. The van der Waals surface area contributed by atoms with Gasteiger partial charge in [-0.2, -0.15) is 0 Å². The molecule has 1 saturated heterocycles. The van der Waals surface area contributed by atoms with Crippen LogP contribution in [0.25, 0.3) is 0 Å². The lowest BCUT2D eigenvalue weighted by Gasteiger charge is -2.12. The number of carbonyl (C=O) groups is 2. The van der Waals surface area contributed by atoms with Crippen LogP contribution in [0.2, 0.25) is 0 Å².